The van der Waals surface area contributed by atoms with E-state index in [1.165, 1.54) is 0 Å². The summed E-state index contributed by atoms with van der Waals surface area (Å²) in [4.78, 5) is 4.49. The van der Waals surface area contributed by atoms with Gasteiger partial charge in [0.1, 0.15) is 5.82 Å². The van der Waals surface area contributed by atoms with Gasteiger partial charge >= 0.3 is 0 Å². The molecule has 0 aliphatic heterocycles. The van der Waals surface area contributed by atoms with Crippen molar-refractivity contribution < 1.29 is 17.8 Å². The van der Waals surface area contributed by atoms with Crippen LogP contribution in [0.2, 0.25) is 0 Å². The van der Waals surface area contributed by atoms with Crippen molar-refractivity contribution in [3.63, 3.8) is 0 Å². The van der Waals surface area contributed by atoms with Crippen LogP contribution in [-0.4, -0.2) is 9.55 Å². The zero-order valence-electron chi connectivity index (χ0n) is 35.1. The van der Waals surface area contributed by atoms with Gasteiger partial charge < -0.3 is 0 Å². The lowest BCUT2D eigenvalue weighted by atomic mass is 9.85. The Morgan fingerprint density at radius 1 is 0.571 bits per heavy atom. The van der Waals surface area contributed by atoms with Crippen LogP contribution in [0.25, 0.3) is 71.6 Å². The highest BCUT2D eigenvalue weighted by Gasteiger charge is 2.19. The molecule has 0 unspecified atom stereocenters. The van der Waals surface area contributed by atoms with E-state index in [0.717, 1.165) is 0 Å². The van der Waals surface area contributed by atoms with Gasteiger partial charge in [0, 0.05) is 9.68 Å². The average molecular weight is 550 g/mol. The topological polar surface area (TPSA) is 17.8 Å². The molecule has 8 rings (SSSR count). The molecule has 8 aromatic rings. The molecule has 0 bridgehead atoms. The number of fused-ring (bicyclic) bond motifs is 3. The summed E-state index contributed by atoms with van der Waals surface area (Å²) in [6, 6.07) is 21.4. The molecule has 2 heteroatoms. The van der Waals surface area contributed by atoms with Gasteiger partial charge in [-0.05, 0) is 80.5 Å². The summed E-state index contributed by atoms with van der Waals surface area (Å²) in [5, 5.41) is 1.64. The van der Waals surface area contributed by atoms with E-state index in [4.69, 9.17) is 17.8 Å². The van der Waals surface area contributed by atoms with Crippen LogP contribution in [-0.2, 0) is 0 Å². The number of hydrogen-bond acceptors (Lipinski definition) is 1. The lowest BCUT2D eigenvalue weighted by Gasteiger charge is -2.19. The van der Waals surface area contributed by atoms with E-state index in [1.807, 2.05) is 6.07 Å². The minimum Gasteiger partial charge on any atom is -0.296 e. The number of imidazole rings is 1. The number of nitrogens with zero attached hydrogens (tertiary/aromatic N) is 2. The molecule has 0 fully saturated rings. The van der Waals surface area contributed by atoms with Crippen molar-refractivity contribution in [3.05, 3.63) is 157 Å². The van der Waals surface area contributed by atoms with Crippen molar-refractivity contribution in [3.8, 4) is 39.1 Å². The van der Waals surface area contributed by atoms with E-state index in [0.29, 0.717) is 55.0 Å². The SMILES string of the molecule is [2H]c1c([2H])c([2H])c(-c2c3ccccc3c(-c3c([2H])c([2H])c([2H])c([2H])c3[2H])c3cc(-c4ccccc4-n4c(C([2H])([2H])[2H])nc5ccccc54)ccc23)c([2H])c1[2H]. The van der Waals surface area contributed by atoms with Crippen molar-refractivity contribution >= 4 is 32.6 Å². The third kappa shape index (κ3) is 3.84. The first-order valence-electron chi connectivity index (χ1n) is 19.8. The summed E-state index contributed by atoms with van der Waals surface area (Å²) in [6.45, 7) is -2.58. The molecule has 0 spiro atoms. The Morgan fingerprint density at radius 2 is 1.17 bits per heavy atom. The lowest BCUT2D eigenvalue weighted by molar-refractivity contribution is 1.00. The maximum atomic E-state index is 9.03. The fourth-order valence-electron chi connectivity index (χ4n) is 5.82. The van der Waals surface area contributed by atoms with Gasteiger partial charge in [0.2, 0.25) is 0 Å². The lowest BCUT2D eigenvalue weighted by Crippen LogP contribution is -1.99. The Bertz CT molecular complexity index is 2870. The van der Waals surface area contributed by atoms with Crippen molar-refractivity contribution in [2.24, 2.45) is 0 Å². The van der Waals surface area contributed by atoms with Crippen LogP contribution in [0.15, 0.2) is 151 Å². The van der Waals surface area contributed by atoms with E-state index >= 15 is 0 Å². The monoisotopic (exact) mass is 549 g/mol. The number of rotatable bonds is 4. The molecule has 1 heterocycles. The molecular formula is C40H28N2. The number of aromatic nitrogens is 2. The number of benzene rings is 7. The molecule has 1 aromatic heterocycles. The quantitative estimate of drug-likeness (QED) is 0.200. The predicted octanol–water partition coefficient (Wildman–Crippen LogP) is 10.6. The van der Waals surface area contributed by atoms with Crippen LogP contribution in [0.5, 0.6) is 0 Å². The van der Waals surface area contributed by atoms with Gasteiger partial charge in [0.15, 0.2) is 0 Å². The van der Waals surface area contributed by atoms with Gasteiger partial charge in [-0.1, -0.05) is 127 Å². The highest BCUT2D eigenvalue weighted by atomic mass is 15.1. The molecule has 0 saturated carbocycles. The van der Waals surface area contributed by atoms with E-state index in [9.17, 15) is 0 Å². The molecular weight excluding hydrogens is 508 g/mol. The van der Waals surface area contributed by atoms with E-state index in [1.54, 1.807) is 89.5 Å². The van der Waals surface area contributed by atoms with Gasteiger partial charge in [0.05, 0.1) is 30.4 Å². The molecule has 42 heavy (non-hydrogen) atoms. The minimum atomic E-state index is -2.58. The Morgan fingerprint density at radius 3 is 1.88 bits per heavy atom. The van der Waals surface area contributed by atoms with Gasteiger partial charge in [-0.15, -0.1) is 0 Å². The second kappa shape index (κ2) is 9.87. The molecule has 0 saturated heterocycles. The largest absolute Gasteiger partial charge is 0.296 e. The van der Waals surface area contributed by atoms with E-state index in [2.05, 4.69) is 4.98 Å². The second-order valence-electron chi connectivity index (χ2n) is 9.83. The number of aryl methyl sites for hydroxylation is 1. The van der Waals surface area contributed by atoms with Crippen LogP contribution in [0.4, 0.5) is 0 Å². The Labute approximate surface area is 263 Å². The molecule has 0 amide bonds. The minimum absolute atomic E-state index is 0.0554. The molecule has 7 aromatic carbocycles. The summed E-state index contributed by atoms with van der Waals surface area (Å²) < 4.78 is 113. The standard InChI is InChI=1S/C40H28N2/c1-27-41-36-21-11-13-23-38(36)42(27)37-22-12-10-18-31(37)30-24-25-34-35(26-30)40(29-16-6-3-7-17-29)33-20-9-8-19-32(33)39(34)28-14-4-2-5-15-28/h2-26H,1H3/i1D3,2D,3D,4D,5D,6D,7D,14D,15D,16D,17D. The van der Waals surface area contributed by atoms with Crippen LogP contribution in [0, 0.1) is 6.85 Å². The second-order valence-corrected chi connectivity index (χ2v) is 9.83. The van der Waals surface area contributed by atoms with Gasteiger partial charge in [-0.2, -0.15) is 0 Å². The molecule has 0 atom stereocenters. The molecule has 2 nitrogen and oxygen atoms in total. The summed E-state index contributed by atoms with van der Waals surface area (Å²) in [5.41, 5.74) is 3.17. The van der Waals surface area contributed by atoms with E-state index in [-0.39, 0.29) is 22.5 Å². The zero-order chi connectivity index (χ0) is 39.2. The van der Waals surface area contributed by atoms with Crippen LogP contribution in [0.1, 0.15) is 23.6 Å². The molecule has 0 radical (unpaired) electrons. The van der Waals surface area contributed by atoms with E-state index < -0.39 is 67.3 Å². The average Bonchev–Trinajstić information content (AvgIpc) is 3.59. The fraction of sp³-hybridized carbons (Fsp3) is 0.0250. The normalized spacial score (nSPS) is 16.1. The fourth-order valence-corrected chi connectivity index (χ4v) is 5.82. The van der Waals surface area contributed by atoms with Gasteiger partial charge in [-0.25, -0.2) is 4.98 Å². The third-order valence-corrected chi connectivity index (χ3v) is 7.54. The third-order valence-electron chi connectivity index (χ3n) is 7.54. The molecule has 0 N–H and O–H groups in total. The maximum absolute atomic E-state index is 9.03. The van der Waals surface area contributed by atoms with Gasteiger partial charge in [0.25, 0.3) is 0 Å². The highest BCUT2D eigenvalue weighted by Crippen LogP contribution is 2.45. The Kier molecular flexibility index (Phi) is 3.39. The summed E-state index contributed by atoms with van der Waals surface area (Å²) in [7, 11) is 0. The van der Waals surface area contributed by atoms with Crippen molar-refractivity contribution in [1.82, 2.24) is 9.55 Å². The molecule has 198 valence electrons. The van der Waals surface area contributed by atoms with Gasteiger partial charge in [-0.3, -0.25) is 4.57 Å². The van der Waals surface area contributed by atoms with Crippen molar-refractivity contribution in [2.45, 2.75) is 6.85 Å². The van der Waals surface area contributed by atoms with Crippen LogP contribution in [0.3, 0.4) is 0 Å². The predicted molar refractivity (Wildman–Crippen MR) is 177 cm³/mol. The first-order valence-corrected chi connectivity index (χ1v) is 13.3. The van der Waals surface area contributed by atoms with Crippen molar-refractivity contribution in [2.75, 3.05) is 0 Å². The summed E-state index contributed by atoms with van der Waals surface area (Å²) in [6.07, 6.45) is 0. The molecule has 0 aliphatic rings. The van der Waals surface area contributed by atoms with Crippen LogP contribution < -0.4 is 0 Å². The Balaban J connectivity index is 1.56. The maximum Gasteiger partial charge on any atom is 0.111 e. The summed E-state index contributed by atoms with van der Waals surface area (Å²) >= 11 is 0. The van der Waals surface area contributed by atoms with Crippen molar-refractivity contribution in [1.29, 1.82) is 0 Å². The first kappa shape index (κ1) is 14.4. The summed E-state index contributed by atoms with van der Waals surface area (Å²) in [5.74, 6) is -0.142. The molecule has 0 aliphatic carbocycles. The zero-order valence-corrected chi connectivity index (χ0v) is 22.1. The smallest absolute Gasteiger partial charge is 0.111 e. The first-order chi connectivity index (χ1) is 26.1. The highest BCUT2D eigenvalue weighted by molar-refractivity contribution is 6.22. The number of para-hydroxylation sites is 3. The number of hydrogen-bond donors (Lipinski definition) is 0. The Hall–Kier alpha value is -5.47. The van der Waals surface area contributed by atoms with Crippen LogP contribution >= 0.6 is 0 Å².